The predicted octanol–water partition coefficient (Wildman–Crippen LogP) is 0.576. The minimum Gasteiger partial charge on any atom is -0.480 e. The second-order valence-electron chi connectivity index (χ2n) is 6.99. The van der Waals surface area contributed by atoms with Crippen molar-refractivity contribution in [1.82, 2.24) is 10.2 Å². The second-order valence-corrected chi connectivity index (χ2v) is 6.99. The fraction of sp³-hybridized carbons (Fsp3) is 0.812. The molecule has 0 bridgehead atoms. The summed E-state index contributed by atoms with van der Waals surface area (Å²) in [6, 6.07) is -2.20. The molecular weight excluding hydrogens is 298 g/mol. The maximum atomic E-state index is 12.4. The van der Waals surface area contributed by atoms with Crippen LogP contribution in [0.1, 0.15) is 47.0 Å². The second kappa shape index (κ2) is 8.29. The molecule has 1 heterocycles. The van der Waals surface area contributed by atoms with Gasteiger partial charge in [-0.05, 0) is 31.1 Å². The van der Waals surface area contributed by atoms with E-state index in [1.165, 1.54) is 4.90 Å². The number of carbonyl (C=O) groups excluding carboxylic acids is 2. The van der Waals surface area contributed by atoms with Crippen LogP contribution in [0.15, 0.2) is 0 Å². The highest BCUT2D eigenvalue weighted by atomic mass is 16.4. The van der Waals surface area contributed by atoms with E-state index >= 15 is 0 Å². The molecule has 0 saturated carbocycles. The molecule has 1 aliphatic heterocycles. The molecule has 0 aromatic rings. The number of carbonyl (C=O) groups is 3. The molecule has 1 aliphatic rings. The molecule has 0 spiro atoms. The van der Waals surface area contributed by atoms with Crippen LogP contribution in [-0.4, -0.2) is 52.5 Å². The Morgan fingerprint density at radius 1 is 1.26 bits per heavy atom. The van der Waals surface area contributed by atoms with Gasteiger partial charge >= 0.3 is 5.97 Å². The molecule has 23 heavy (non-hydrogen) atoms. The summed E-state index contributed by atoms with van der Waals surface area (Å²) in [5, 5.41) is 11.8. The van der Waals surface area contributed by atoms with Crippen LogP contribution in [0.4, 0.5) is 0 Å². The molecule has 132 valence electrons. The van der Waals surface area contributed by atoms with Crippen LogP contribution >= 0.6 is 0 Å². The average molecular weight is 327 g/mol. The number of hydrogen-bond donors (Lipinski definition) is 3. The molecule has 0 aromatic heterocycles. The Bertz CT molecular complexity index is 451. The molecule has 3 atom stereocenters. The largest absolute Gasteiger partial charge is 0.480 e. The summed E-state index contributed by atoms with van der Waals surface area (Å²) < 4.78 is 0. The van der Waals surface area contributed by atoms with Crippen molar-refractivity contribution >= 4 is 17.8 Å². The van der Waals surface area contributed by atoms with Crippen LogP contribution in [0.25, 0.3) is 0 Å². The maximum Gasteiger partial charge on any atom is 0.326 e. The normalized spacial score (nSPS) is 20.7. The third kappa shape index (κ3) is 5.20. The Morgan fingerprint density at radius 2 is 1.87 bits per heavy atom. The van der Waals surface area contributed by atoms with Gasteiger partial charge in [-0.15, -0.1) is 0 Å². The number of likely N-dealkylation sites (tertiary alicyclic amines) is 1. The van der Waals surface area contributed by atoms with E-state index < -0.39 is 30.0 Å². The van der Waals surface area contributed by atoms with Gasteiger partial charge in [0.25, 0.3) is 0 Å². The molecule has 0 aromatic carbocycles. The fourth-order valence-electron chi connectivity index (χ4n) is 2.74. The summed E-state index contributed by atoms with van der Waals surface area (Å²) >= 11 is 0. The van der Waals surface area contributed by atoms with Crippen molar-refractivity contribution in [3.05, 3.63) is 0 Å². The van der Waals surface area contributed by atoms with Crippen LogP contribution in [0, 0.1) is 11.8 Å². The first-order valence-electron chi connectivity index (χ1n) is 8.24. The lowest BCUT2D eigenvalue weighted by Gasteiger charge is -2.29. The van der Waals surface area contributed by atoms with Crippen molar-refractivity contribution in [2.75, 3.05) is 6.54 Å². The smallest absolute Gasteiger partial charge is 0.326 e. The number of carboxylic acids is 1. The van der Waals surface area contributed by atoms with Gasteiger partial charge in [-0.25, -0.2) is 4.79 Å². The van der Waals surface area contributed by atoms with Gasteiger partial charge in [-0.2, -0.15) is 0 Å². The summed E-state index contributed by atoms with van der Waals surface area (Å²) in [4.78, 5) is 37.6. The SMILES string of the molecule is CC(C)C[C@H](NC(=O)[C@H]1CCCN1C(=O)[C@@H](N)C(C)C)C(=O)O. The van der Waals surface area contributed by atoms with Gasteiger partial charge in [0.15, 0.2) is 0 Å². The van der Waals surface area contributed by atoms with Crippen LogP contribution in [0.5, 0.6) is 0 Å². The van der Waals surface area contributed by atoms with Crippen LogP contribution in [0.3, 0.4) is 0 Å². The highest BCUT2D eigenvalue weighted by Gasteiger charge is 2.38. The molecular formula is C16H29N3O4. The molecule has 1 rings (SSSR count). The third-order valence-electron chi connectivity index (χ3n) is 4.16. The fourth-order valence-corrected chi connectivity index (χ4v) is 2.74. The van der Waals surface area contributed by atoms with Gasteiger partial charge < -0.3 is 21.1 Å². The van der Waals surface area contributed by atoms with E-state index in [-0.39, 0.29) is 17.7 Å². The number of nitrogens with zero attached hydrogens (tertiary/aromatic N) is 1. The summed E-state index contributed by atoms with van der Waals surface area (Å²) in [7, 11) is 0. The average Bonchev–Trinajstić information content (AvgIpc) is 2.93. The van der Waals surface area contributed by atoms with E-state index in [1.54, 1.807) is 0 Å². The Morgan fingerprint density at radius 3 is 2.35 bits per heavy atom. The number of nitrogens with one attached hydrogen (secondary N) is 1. The van der Waals surface area contributed by atoms with Crippen LogP contribution in [0.2, 0.25) is 0 Å². The molecule has 1 saturated heterocycles. The molecule has 1 fully saturated rings. The first-order valence-corrected chi connectivity index (χ1v) is 8.24. The standard InChI is InChI=1S/C16H29N3O4/c1-9(2)8-11(16(22)23)18-14(20)12-6-5-7-19(12)15(21)13(17)10(3)4/h9-13H,5-8,17H2,1-4H3,(H,18,20)(H,22,23)/t11-,12+,13-/m0/s1. The molecule has 0 unspecified atom stereocenters. The number of amides is 2. The van der Waals surface area contributed by atoms with E-state index in [4.69, 9.17) is 5.73 Å². The number of carboxylic acid groups (broad SMARTS) is 1. The van der Waals surface area contributed by atoms with Crippen molar-refractivity contribution in [2.24, 2.45) is 17.6 Å². The lowest BCUT2D eigenvalue weighted by molar-refractivity contribution is -0.144. The predicted molar refractivity (Wildman–Crippen MR) is 86.6 cm³/mol. The van der Waals surface area contributed by atoms with Gasteiger partial charge in [0.05, 0.1) is 6.04 Å². The summed E-state index contributed by atoms with van der Waals surface area (Å²) in [6.45, 7) is 8.00. The van der Waals surface area contributed by atoms with Gasteiger partial charge in [0.2, 0.25) is 11.8 Å². The van der Waals surface area contributed by atoms with E-state index in [9.17, 15) is 19.5 Å². The van der Waals surface area contributed by atoms with E-state index in [0.29, 0.717) is 19.4 Å². The van der Waals surface area contributed by atoms with Crippen molar-refractivity contribution in [1.29, 1.82) is 0 Å². The number of hydrogen-bond acceptors (Lipinski definition) is 4. The number of nitrogens with two attached hydrogens (primary N) is 1. The van der Waals surface area contributed by atoms with Crippen LogP contribution in [-0.2, 0) is 14.4 Å². The minimum absolute atomic E-state index is 0.0143. The molecule has 2 amide bonds. The number of aliphatic carboxylic acids is 1. The zero-order chi connectivity index (χ0) is 17.7. The highest BCUT2D eigenvalue weighted by molar-refractivity contribution is 5.92. The number of rotatable bonds is 7. The summed E-state index contributed by atoms with van der Waals surface area (Å²) in [5.74, 6) is -1.57. The van der Waals surface area contributed by atoms with Gasteiger partial charge in [-0.1, -0.05) is 27.7 Å². The molecule has 0 radical (unpaired) electrons. The lowest BCUT2D eigenvalue weighted by atomic mass is 10.0. The molecule has 0 aliphatic carbocycles. The van der Waals surface area contributed by atoms with Crippen molar-refractivity contribution in [2.45, 2.75) is 65.1 Å². The van der Waals surface area contributed by atoms with Gasteiger partial charge in [0, 0.05) is 6.54 Å². The van der Waals surface area contributed by atoms with E-state index in [2.05, 4.69) is 5.32 Å². The topological polar surface area (TPSA) is 113 Å². The maximum absolute atomic E-state index is 12.4. The Labute approximate surface area is 137 Å². The molecule has 7 heteroatoms. The van der Waals surface area contributed by atoms with Crippen molar-refractivity contribution in [3.63, 3.8) is 0 Å². The van der Waals surface area contributed by atoms with E-state index in [1.807, 2.05) is 27.7 Å². The highest BCUT2D eigenvalue weighted by Crippen LogP contribution is 2.20. The quantitative estimate of drug-likeness (QED) is 0.633. The summed E-state index contributed by atoms with van der Waals surface area (Å²) in [6.07, 6.45) is 1.61. The van der Waals surface area contributed by atoms with Crippen molar-refractivity contribution in [3.8, 4) is 0 Å². The minimum atomic E-state index is -1.05. The monoisotopic (exact) mass is 327 g/mol. The van der Waals surface area contributed by atoms with Gasteiger partial charge in [0.1, 0.15) is 12.1 Å². The summed E-state index contributed by atoms with van der Waals surface area (Å²) in [5.41, 5.74) is 5.90. The Hall–Kier alpha value is -1.63. The van der Waals surface area contributed by atoms with Crippen molar-refractivity contribution < 1.29 is 19.5 Å². The molecule has 4 N–H and O–H groups in total. The third-order valence-corrected chi connectivity index (χ3v) is 4.16. The zero-order valence-electron chi connectivity index (χ0n) is 14.4. The zero-order valence-corrected chi connectivity index (χ0v) is 14.4. The molecule has 7 nitrogen and oxygen atoms in total. The Balaban J connectivity index is 2.77. The Kier molecular flexibility index (Phi) is 7.00. The van der Waals surface area contributed by atoms with Crippen LogP contribution < -0.4 is 11.1 Å². The van der Waals surface area contributed by atoms with Gasteiger partial charge in [-0.3, -0.25) is 9.59 Å². The van der Waals surface area contributed by atoms with E-state index in [0.717, 1.165) is 6.42 Å². The lowest BCUT2D eigenvalue weighted by Crippen LogP contribution is -2.54. The first-order chi connectivity index (χ1) is 10.6. The first kappa shape index (κ1) is 19.4.